The molecule has 5 heteroatoms. The van der Waals surface area contributed by atoms with E-state index in [9.17, 15) is 4.79 Å². The highest BCUT2D eigenvalue weighted by Gasteiger charge is 2.18. The van der Waals surface area contributed by atoms with Gasteiger partial charge in [-0.2, -0.15) is 0 Å². The number of carbonyl (C=O) groups is 1. The van der Waals surface area contributed by atoms with Crippen LogP contribution in [-0.4, -0.2) is 17.1 Å². The van der Waals surface area contributed by atoms with Crippen molar-refractivity contribution in [2.45, 2.75) is 51.0 Å². The van der Waals surface area contributed by atoms with Crippen LogP contribution in [0, 0.1) is 0 Å². The van der Waals surface area contributed by atoms with E-state index in [1.165, 1.54) is 32.1 Å². The van der Waals surface area contributed by atoms with Crippen LogP contribution < -0.4 is 5.32 Å². The lowest BCUT2D eigenvalue weighted by atomic mass is 9.96. The Kier molecular flexibility index (Phi) is 5.34. The minimum atomic E-state index is -0.153. The summed E-state index contributed by atoms with van der Waals surface area (Å²) in [5.74, 6) is 0.420. The molecule has 1 aliphatic carbocycles. The molecule has 1 saturated carbocycles. The molecule has 0 atom stereocenters. The van der Waals surface area contributed by atoms with E-state index in [0.29, 0.717) is 16.5 Å². The molecule has 1 aliphatic rings. The second-order valence-corrected chi connectivity index (χ2v) is 6.54. The maximum absolute atomic E-state index is 12.4. The van der Waals surface area contributed by atoms with E-state index in [1.54, 1.807) is 18.2 Å². The summed E-state index contributed by atoms with van der Waals surface area (Å²) in [4.78, 5) is 12.4. The molecule has 0 spiro atoms. The Hall–Kier alpha value is -1.81. The van der Waals surface area contributed by atoms with Gasteiger partial charge in [-0.05, 0) is 37.1 Å². The normalized spacial score (nSPS) is 16.6. The zero-order chi connectivity index (χ0) is 16.1. The fourth-order valence-corrected chi connectivity index (χ4v) is 3.12. The van der Waals surface area contributed by atoms with Crippen LogP contribution in [0.15, 0.2) is 34.9 Å². The molecule has 0 saturated heterocycles. The van der Waals surface area contributed by atoms with Gasteiger partial charge < -0.3 is 9.84 Å². The number of nitrogens with zero attached hydrogens (tertiary/aromatic N) is 1. The molecule has 0 bridgehead atoms. The summed E-state index contributed by atoms with van der Waals surface area (Å²) in [5, 5.41) is 7.66. The lowest BCUT2D eigenvalue weighted by Gasteiger charge is -2.20. The van der Waals surface area contributed by atoms with Crippen molar-refractivity contribution >= 4 is 17.5 Å². The summed E-state index contributed by atoms with van der Waals surface area (Å²) in [6, 6.07) is 9.19. The molecule has 0 unspecified atom stereocenters. The SMILES string of the molecule is O=C(NC1CCCCCCC1)c1cc(-c2ccc(Cl)cc2)on1. The van der Waals surface area contributed by atoms with Crippen molar-refractivity contribution in [3.8, 4) is 11.3 Å². The third-order valence-corrected chi connectivity index (χ3v) is 4.56. The van der Waals surface area contributed by atoms with Crippen LogP contribution in [0.2, 0.25) is 5.02 Å². The van der Waals surface area contributed by atoms with Crippen LogP contribution >= 0.6 is 11.6 Å². The second-order valence-electron chi connectivity index (χ2n) is 6.10. The lowest BCUT2D eigenvalue weighted by Crippen LogP contribution is -2.35. The van der Waals surface area contributed by atoms with Gasteiger partial charge in [-0.3, -0.25) is 4.79 Å². The van der Waals surface area contributed by atoms with Gasteiger partial charge in [0.1, 0.15) is 0 Å². The minimum Gasteiger partial charge on any atom is -0.355 e. The molecule has 23 heavy (non-hydrogen) atoms. The highest BCUT2D eigenvalue weighted by atomic mass is 35.5. The van der Waals surface area contributed by atoms with Gasteiger partial charge in [-0.25, -0.2) is 0 Å². The fourth-order valence-electron chi connectivity index (χ4n) is 2.99. The number of aromatic nitrogens is 1. The van der Waals surface area contributed by atoms with Gasteiger partial charge in [0.05, 0.1) is 0 Å². The van der Waals surface area contributed by atoms with Gasteiger partial charge in [0.25, 0.3) is 5.91 Å². The van der Waals surface area contributed by atoms with E-state index in [1.807, 2.05) is 12.1 Å². The van der Waals surface area contributed by atoms with Gasteiger partial charge in [0.2, 0.25) is 0 Å². The van der Waals surface area contributed by atoms with E-state index in [4.69, 9.17) is 16.1 Å². The van der Waals surface area contributed by atoms with Gasteiger partial charge in [-0.15, -0.1) is 0 Å². The van der Waals surface area contributed by atoms with E-state index in [2.05, 4.69) is 10.5 Å². The Balaban J connectivity index is 1.64. The first-order valence-corrected chi connectivity index (χ1v) is 8.64. The zero-order valence-corrected chi connectivity index (χ0v) is 13.8. The largest absolute Gasteiger partial charge is 0.355 e. The topological polar surface area (TPSA) is 55.1 Å². The number of carbonyl (C=O) groups excluding carboxylic acids is 1. The third-order valence-electron chi connectivity index (χ3n) is 4.31. The average Bonchev–Trinajstić information content (AvgIpc) is 3.00. The summed E-state index contributed by atoms with van der Waals surface area (Å²) in [5.41, 5.74) is 1.18. The Morgan fingerprint density at radius 2 is 1.74 bits per heavy atom. The maximum atomic E-state index is 12.4. The van der Waals surface area contributed by atoms with Gasteiger partial charge in [0.15, 0.2) is 11.5 Å². The Morgan fingerprint density at radius 3 is 2.43 bits per heavy atom. The van der Waals surface area contributed by atoms with Crippen LogP contribution in [0.4, 0.5) is 0 Å². The van der Waals surface area contributed by atoms with Crippen molar-refractivity contribution < 1.29 is 9.32 Å². The van der Waals surface area contributed by atoms with Crippen molar-refractivity contribution in [2.24, 2.45) is 0 Å². The van der Waals surface area contributed by atoms with Crippen LogP contribution in [0.5, 0.6) is 0 Å². The van der Waals surface area contributed by atoms with Gasteiger partial charge in [0, 0.05) is 22.7 Å². The highest BCUT2D eigenvalue weighted by molar-refractivity contribution is 6.30. The molecule has 2 aromatic rings. The molecule has 1 fully saturated rings. The predicted octanol–water partition coefficient (Wildman–Crippen LogP) is 4.84. The number of nitrogens with one attached hydrogen (secondary N) is 1. The van der Waals surface area contributed by atoms with E-state index < -0.39 is 0 Å². The molecule has 1 heterocycles. The number of benzene rings is 1. The first kappa shape index (κ1) is 16.1. The number of rotatable bonds is 3. The molecule has 0 radical (unpaired) electrons. The first-order chi connectivity index (χ1) is 11.2. The summed E-state index contributed by atoms with van der Waals surface area (Å²) in [6.07, 6.45) is 8.29. The van der Waals surface area contributed by atoms with Crippen LogP contribution in [0.1, 0.15) is 55.4 Å². The molecule has 1 aromatic heterocycles. The molecular formula is C18H21ClN2O2. The molecular weight excluding hydrogens is 312 g/mol. The quantitative estimate of drug-likeness (QED) is 0.875. The molecule has 122 valence electrons. The first-order valence-electron chi connectivity index (χ1n) is 8.26. The average molecular weight is 333 g/mol. The summed E-state index contributed by atoms with van der Waals surface area (Å²) in [7, 11) is 0. The molecule has 1 amide bonds. The minimum absolute atomic E-state index is 0.153. The molecule has 3 rings (SSSR count). The summed E-state index contributed by atoms with van der Waals surface area (Å²) < 4.78 is 5.29. The van der Waals surface area contributed by atoms with Crippen LogP contribution in [0.3, 0.4) is 0 Å². The molecule has 1 N–H and O–H groups in total. The van der Waals surface area contributed by atoms with Crippen LogP contribution in [0.25, 0.3) is 11.3 Å². The Bertz CT molecular complexity index is 643. The smallest absolute Gasteiger partial charge is 0.273 e. The monoisotopic (exact) mass is 332 g/mol. The van der Waals surface area contributed by atoms with Crippen molar-refractivity contribution in [1.29, 1.82) is 0 Å². The predicted molar refractivity (Wildman–Crippen MR) is 90.5 cm³/mol. The fraction of sp³-hybridized carbons (Fsp3) is 0.444. The number of hydrogen-bond acceptors (Lipinski definition) is 3. The molecule has 4 nitrogen and oxygen atoms in total. The Labute approximate surface area is 141 Å². The van der Waals surface area contributed by atoms with Crippen molar-refractivity contribution in [3.05, 3.63) is 41.0 Å². The van der Waals surface area contributed by atoms with E-state index in [-0.39, 0.29) is 11.9 Å². The van der Waals surface area contributed by atoms with Crippen molar-refractivity contribution in [3.63, 3.8) is 0 Å². The second kappa shape index (κ2) is 7.64. The molecule has 1 aromatic carbocycles. The standard InChI is InChI=1S/C18H21ClN2O2/c19-14-10-8-13(9-11-14)17-12-16(21-23-17)18(22)20-15-6-4-2-1-3-5-7-15/h8-12,15H,1-7H2,(H,20,22). The van der Waals surface area contributed by atoms with Gasteiger partial charge >= 0.3 is 0 Å². The lowest BCUT2D eigenvalue weighted by molar-refractivity contribution is 0.0921. The third kappa shape index (κ3) is 4.35. The maximum Gasteiger partial charge on any atom is 0.273 e. The number of halogens is 1. The highest BCUT2D eigenvalue weighted by Crippen LogP contribution is 2.23. The van der Waals surface area contributed by atoms with Crippen molar-refractivity contribution in [1.82, 2.24) is 10.5 Å². The van der Waals surface area contributed by atoms with Gasteiger partial charge in [-0.1, -0.05) is 48.9 Å². The van der Waals surface area contributed by atoms with Crippen LogP contribution in [-0.2, 0) is 0 Å². The Morgan fingerprint density at radius 1 is 1.09 bits per heavy atom. The van der Waals surface area contributed by atoms with E-state index in [0.717, 1.165) is 18.4 Å². The number of hydrogen-bond donors (Lipinski definition) is 1. The summed E-state index contributed by atoms with van der Waals surface area (Å²) >= 11 is 5.88. The summed E-state index contributed by atoms with van der Waals surface area (Å²) in [6.45, 7) is 0. The molecule has 0 aliphatic heterocycles. The number of amides is 1. The van der Waals surface area contributed by atoms with Crippen molar-refractivity contribution in [2.75, 3.05) is 0 Å². The zero-order valence-electron chi connectivity index (χ0n) is 13.1. The van der Waals surface area contributed by atoms with E-state index >= 15 is 0 Å².